The predicted octanol–water partition coefficient (Wildman–Crippen LogP) is 4.00. The molecule has 0 saturated heterocycles. The van der Waals surface area contributed by atoms with Gasteiger partial charge in [-0.3, -0.25) is 4.99 Å². The minimum Gasteiger partial charge on any atom is -0.356 e. The van der Waals surface area contributed by atoms with Crippen molar-refractivity contribution >= 4 is 41.3 Å². The van der Waals surface area contributed by atoms with E-state index >= 15 is 0 Å². The second kappa shape index (κ2) is 9.84. The van der Waals surface area contributed by atoms with Gasteiger partial charge in [0.1, 0.15) is 5.82 Å². The first-order valence-electron chi connectivity index (χ1n) is 8.94. The largest absolute Gasteiger partial charge is 0.356 e. The molecule has 0 aliphatic heterocycles. The fourth-order valence-electron chi connectivity index (χ4n) is 3.22. The van der Waals surface area contributed by atoms with Gasteiger partial charge in [-0.05, 0) is 56.1 Å². The van der Waals surface area contributed by atoms with Crippen molar-refractivity contribution < 1.29 is 4.39 Å². The van der Waals surface area contributed by atoms with Crippen molar-refractivity contribution in [2.45, 2.75) is 24.3 Å². The fraction of sp³-hybridized carbons (Fsp3) is 0.450. The van der Waals surface area contributed by atoms with Crippen molar-refractivity contribution in [3.8, 4) is 0 Å². The number of likely N-dealkylation sites (N-methyl/N-ethyl adjacent to an activating group) is 1. The normalized spacial score (nSPS) is 16.6. The Hall–Kier alpha value is -1.19. The summed E-state index contributed by atoms with van der Waals surface area (Å²) in [6.07, 6.45) is 2.16. The Morgan fingerprint density at radius 3 is 2.59 bits per heavy atom. The SMILES string of the molecule is CN=C(NCC(c1cccs1)N(C)C)NCC1(c2cccc(F)c2)CC1.I. The third-order valence-electron chi connectivity index (χ3n) is 5.07. The highest BCUT2D eigenvalue weighted by atomic mass is 127. The summed E-state index contributed by atoms with van der Waals surface area (Å²) in [6, 6.07) is 11.5. The molecule has 1 aliphatic carbocycles. The lowest BCUT2D eigenvalue weighted by Crippen LogP contribution is -2.44. The topological polar surface area (TPSA) is 39.7 Å². The molecule has 1 fully saturated rings. The molecule has 0 bridgehead atoms. The smallest absolute Gasteiger partial charge is 0.191 e. The van der Waals surface area contributed by atoms with Gasteiger partial charge in [0.2, 0.25) is 0 Å². The maximum absolute atomic E-state index is 13.5. The zero-order valence-corrected chi connectivity index (χ0v) is 19.2. The highest BCUT2D eigenvalue weighted by Crippen LogP contribution is 2.47. The van der Waals surface area contributed by atoms with Crippen LogP contribution < -0.4 is 10.6 Å². The average molecular weight is 502 g/mol. The first kappa shape index (κ1) is 22.1. The van der Waals surface area contributed by atoms with Crippen LogP contribution in [0.25, 0.3) is 0 Å². The number of thiophene rings is 1. The number of hydrogen-bond acceptors (Lipinski definition) is 3. The van der Waals surface area contributed by atoms with Gasteiger partial charge in [-0.25, -0.2) is 4.39 Å². The van der Waals surface area contributed by atoms with Gasteiger partial charge < -0.3 is 15.5 Å². The Morgan fingerprint density at radius 1 is 1.26 bits per heavy atom. The average Bonchev–Trinajstić information content (AvgIpc) is 3.23. The van der Waals surface area contributed by atoms with Gasteiger partial charge in [-0.1, -0.05) is 18.2 Å². The lowest BCUT2D eigenvalue weighted by Gasteiger charge is -2.25. The van der Waals surface area contributed by atoms with Gasteiger partial charge in [0, 0.05) is 30.4 Å². The zero-order chi connectivity index (χ0) is 18.6. The van der Waals surface area contributed by atoms with Crippen LogP contribution in [0.2, 0.25) is 0 Å². The summed E-state index contributed by atoms with van der Waals surface area (Å²) < 4.78 is 13.5. The molecule has 2 N–H and O–H groups in total. The molecule has 1 aromatic carbocycles. The van der Waals surface area contributed by atoms with Crippen molar-refractivity contribution in [2.75, 3.05) is 34.2 Å². The molecule has 1 atom stereocenters. The Labute approximate surface area is 182 Å². The van der Waals surface area contributed by atoms with Crippen LogP contribution in [0, 0.1) is 5.82 Å². The van der Waals surface area contributed by atoms with Gasteiger partial charge in [0.15, 0.2) is 5.96 Å². The molecule has 7 heteroatoms. The maximum atomic E-state index is 13.5. The first-order chi connectivity index (χ1) is 12.5. The van der Waals surface area contributed by atoms with Gasteiger partial charge in [0.05, 0.1) is 6.04 Å². The van der Waals surface area contributed by atoms with Crippen LogP contribution in [-0.2, 0) is 5.41 Å². The summed E-state index contributed by atoms with van der Waals surface area (Å²) in [6.45, 7) is 1.54. The van der Waals surface area contributed by atoms with Gasteiger partial charge in [-0.15, -0.1) is 35.3 Å². The first-order valence-corrected chi connectivity index (χ1v) is 9.82. The molecule has 0 radical (unpaired) electrons. The molecule has 1 heterocycles. The molecule has 1 unspecified atom stereocenters. The van der Waals surface area contributed by atoms with Gasteiger partial charge in [0.25, 0.3) is 0 Å². The number of aliphatic imine (C=N–C) groups is 1. The molecule has 3 rings (SSSR count). The standard InChI is InChI=1S/C20H27FN4S.HI/c1-22-19(23-13-17(25(2)3)18-8-5-11-26-18)24-14-20(9-10-20)15-6-4-7-16(21)12-15;/h4-8,11-12,17H,9-10,13-14H2,1-3H3,(H2,22,23,24);1H. The Kier molecular flexibility index (Phi) is 8.05. The lowest BCUT2D eigenvalue weighted by atomic mass is 9.96. The number of hydrogen-bond donors (Lipinski definition) is 2. The Bertz CT molecular complexity index is 744. The molecule has 1 aliphatic rings. The van der Waals surface area contributed by atoms with Gasteiger partial charge in [-0.2, -0.15) is 0 Å². The lowest BCUT2D eigenvalue weighted by molar-refractivity contribution is 0.302. The molecule has 1 saturated carbocycles. The predicted molar refractivity (Wildman–Crippen MR) is 123 cm³/mol. The van der Waals surface area contributed by atoms with Crippen LogP contribution in [0.4, 0.5) is 4.39 Å². The van der Waals surface area contributed by atoms with E-state index in [0.717, 1.165) is 37.5 Å². The molecular weight excluding hydrogens is 474 g/mol. The maximum Gasteiger partial charge on any atom is 0.191 e. The van der Waals surface area contributed by atoms with Gasteiger partial charge >= 0.3 is 0 Å². The van der Waals surface area contributed by atoms with Crippen molar-refractivity contribution in [1.82, 2.24) is 15.5 Å². The monoisotopic (exact) mass is 502 g/mol. The Balaban J connectivity index is 0.00000261. The second-order valence-electron chi connectivity index (χ2n) is 7.09. The molecule has 1 aromatic heterocycles. The van der Waals surface area contributed by atoms with Crippen molar-refractivity contribution in [1.29, 1.82) is 0 Å². The summed E-state index contributed by atoms with van der Waals surface area (Å²) in [5.74, 6) is 0.622. The Morgan fingerprint density at radius 2 is 2.04 bits per heavy atom. The third-order valence-corrected chi connectivity index (χ3v) is 6.04. The second-order valence-corrected chi connectivity index (χ2v) is 8.07. The van der Waals surface area contributed by atoms with Crippen LogP contribution >= 0.6 is 35.3 Å². The van der Waals surface area contributed by atoms with E-state index in [4.69, 9.17) is 0 Å². The summed E-state index contributed by atoms with van der Waals surface area (Å²) in [7, 11) is 5.96. The van der Waals surface area contributed by atoms with E-state index in [1.165, 1.54) is 10.9 Å². The summed E-state index contributed by atoms with van der Waals surface area (Å²) in [4.78, 5) is 7.89. The summed E-state index contributed by atoms with van der Waals surface area (Å²) in [5, 5.41) is 8.97. The number of nitrogens with one attached hydrogen (secondary N) is 2. The van der Waals surface area contributed by atoms with E-state index in [0.29, 0.717) is 6.04 Å². The number of nitrogens with zero attached hydrogens (tertiary/aromatic N) is 2. The zero-order valence-electron chi connectivity index (χ0n) is 16.0. The van der Waals surface area contributed by atoms with Crippen LogP contribution in [0.15, 0.2) is 46.8 Å². The molecule has 0 amide bonds. The van der Waals surface area contributed by atoms with Crippen LogP contribution in [-0.4, -0.2) is 45.1 Å². The minimum atomic E-state index is -0.166. The quantitative estimate of drug-likeness (QED) is 0.342. The molecule has 27 heavy (non-hydrogen) atoms. The highest BCUT2D eigenvalue weighted by Gasteiger charge is 2.44. The van der Waals surface area contributed by atoms with E-state index in [9.17, 15) is 4.39 Å². The molecule has 148 valence electrons. The fourth-order valence-corrected chi connectivity index (χ4v) is 4.14. The minimum absolute atomic E-state index is 0. The van der Waals surface area contributed by atoms with Crippen LogP contribution in [0.5, 0.6) is 0 Å². The van der Waals surface area contributed by atoms with E-state index in [-0.39, 0.29) is 35.2 Å². The third kappa shape index (κ3) is 5.65. The van der Waals surface area contributed by atoms with E-state index in [1.54, 1.807) is 30.5 Å². The van der Waals surface area contributed by atoms with Crippen molar-refractivity contribution in [3.63, 3.8) is 0 Å². The number of guanidine groups is 1. The van der Waals surface area contributed by atoms with Crippen LogP contribution in [0.1, 0.15) is 29.3 Å². The van der Waals surface area contributed by atoms with E-state index < -0.39 is 0 Å². The number of halogens is 2. The number of benzene rings is 1. The van der Waals surface area contributed by atoms with E-state index in [1.807, 2.05) is 6.07 Å². The van der Waals surface area contributed by atoms with Crippen molar-refractivity contribution in [3.05, 3.63) is 58.0 Å². The molecular formula is C20H28FIN4S. The molecule has 2 aromatic rings. The van der Waals surface area contributed by atoms with Crippen LogP contribution in [0.3, 0.4) is 0 Å². The molecule has 0 spiro atoms. The highest BCUT2D eigenvalue weighted by molar-refractivity contribution is 14.0. The molecule has 4 nitrogen and oxygen atoms in total. The number of rotatable bonds is 7. The summed E-state index contributed by atoms with van der Waals surface area (Å²) >= 11 is 1.77. The van der Waals surface area contributed by atoms with E-state index in [2.05, 4.69) is 52.1 Å². The van der Waals surface area contributed by atoms with Crippen molar-refractivity contribution in [2.24, 2.45) is 4.99 Å². The summed E-state index contributed by atoms with van der Waals surface area (Å²) in [5.41, 5.74) is 1.11.